The molecule has 0 amide bonds. The van der Waals surface area contributed by atoms with E-state index in [9.17, 15) is 0 Å². The molecular weight excluding hydrogens is 340 g/mol. The van der Waals surface area contributed by atoms with Crippen molar-refractivity contribution in [1.29, 1.82) is 0 Å². The number of nitrogens with zero attached hydrogens (tertiary/aromatic N) is 4. The molecule has 7 nitrogen and oxygen atoms in total. The summed E-state index contributed by atoms with van der Waals surface area (Å²) < 4.78 is 6.87. The third-order valence-corrected chi connectivity index (χ3v) is 4.66. The molecule has 7 heteroatoms. The topological polar surface area (TPSA) is 90.3 Å². The number of aromatic nitrogens is 3. The average molecular weight is 362 g/mol. The van der Waals surface area contributed by atoms with Crippen LogP contribution in [0, 0.1) is 0 Å². The number of aliphatic imine (C=N–C) groups is 1. The van der Waals surface area contributed by atoms with Gasteiger partial charge in [-0.15, -0.1) is 5.10 Å². The van der Waals surface area contributed by atoms with E-state index in [1.165, 1.54) is 24.0 Å². The first-order chi connectivity index (χ1) is 13.2. The number of guanidine groups is 1. The van der Waals surface area contributed by atoms with Gasteiger partial charge in [-0.2, -0.15) is 0 Å². The van der Waals surface area contributed by atoms with Crippen LogP contribution in [0.2, 0.25) is 0 Å². The van der Waals surface area contributed by atoms with Crippen LogP contribution in [0.4, 0.5) is 5.69 Å². The van der Waals surface area contributed by atoms with E-state index in [0.29, 0.717) is 12.5 Å². The second-order valence-electron chi connectivity index (χ2n) is 6.52. The van der Waals surface area contributed by atoms with Crippen molar-refractivity contribution in [1.82, 2.24) is 15.0 Å². The predicted octanol–water partition coefficient (Wildman–Crippen LogP) is 2.69. The van der Waals surface area contributed by atoms with Crippen LogP contribution < -0.4 is 15.8 Å². The van der Waals surface area contributed by atoms with Crippen molar-refractivity contribution < 1.29 is 4.74 Å². The Morgan fingerprint density at radius 3 is 2.81 bits per heavy atom. The molecule has 0 fully saturated rings. The van der Waals surface area contributed by atoms with Gasteiger partial charge in [0, 0.05) is 5.69 Å². The third kappa shape index (κ3) is 3.92. The molecule has 0 saturated carbocycles. The molecule has 0 spiro atoms. The monoisotopic (exact) mass is 362 g/mol. The van der Waals surface area contributed by atoms with Crippen LogP contribution in [0.3, 0.4) is 0 Å². The summed E-state index contributed by atoms with van der Waals surface area (Å²) in [7, 11) is 1.64. The Morgan fingerprint density at radius 2 is 2.00 bits per heavy atom. The highest BCUT2D eigenvalue weighted by molar-refractivity contribution is 5.92. The maximum absolute atomic E-state index is 6.02. The molecule has 0 saturated heterocycles. The number of nitrogens with one attached hydrogen (secondary N) is 1. The van der Waals surface area contributed by atoms with E-state index >= 15 is 0 Å². The second kappa shape index (κ2) is 7.49. The number of anilines is 1. The zero-order chi connectivity index (χ0) is 18.6. The first kappa shape index (κ1) is 17.1. The summed E-state index contributed by atoms with van der Waals surface area (Å²) in [6, 6.07) is 14.0. The molecule has 0 radical (unpaired) electrons. The second-order valence-corrected chi connectivity index (χ2v) is 6.52. The first-order valence-corrected chi connectivity index (χ1v) is 8.96. The lowest BCUT2D eigenvalue weighted by Crippen LogP contribution is -2.22. The molecule has 0 atom stereocenters. The van der Waals surface area contributed by atoms with Gasteiger partial charge in [-0.1, -0.05) is 11.3 Å². The standard InChI is InChI=1S/C20H22N6O/c1-27-19-9-7-18(8-10-19)26-13-17(24-25-26)12-22-20(21)23-16-6-5-14-3-2-4-15(14)11-16/h5-11,13H,2-4,12H2,1H3,(H3,21,22,23). The van der Waals surface area contributed by atoms with E-state index in [2.05, 4.69) is 32.8 Å². The molecule has 138 valence electrons. The number of aryl methyl sites for hydroxylation is 2. The van der Waals surface area contributed by atoms with Crippen LogP contribution in [-0.2, 0) is 19.4 Å². The molecule has 1 aliphatic rings. The molecule has 0 unspecified atom stereocenters. The number of rotatable bonds is 5. The first-order valence-electron chi connectivity index (χ1n) is 8.96. The van der Waals surface area contributed by atoms with Crippen molar-refractivity contribution in [2.75, 3.05) is 12.4 Å². The molecule has 4 rings (SSSR count). The van der Waals surface area contributed by atoms with E-state index in [1.54, 1.807) is 11.8 Å². The van der Waals surface area contributed by atoms with E-state index in [-0.39, 0.29) is 0 Å². The molecule has 0 bridgehead atoms. The van der Waals surface area contributed by atoms with Gasteiger partial charge in [-0.3, -0.25) is 0 Å². The highest BCUT2D eigenvalue weighted by Crippen LogP contribution is 2.24. The van der Waals surface area contributed by atoms with Gasteiger partial charge in [0.2, 0.25) is 0 Å². The van der Waals surface area contributed by atoms with Crippen LogP contribution in [0.5, 0.6) is 5.75 Å². The lowest BCUT2D eigenvalue weighted by molar-refractivity contribution is 0.414. The number of fused-ring (bicyclic) bond motifs is 1. The molecule has 0 aliphatic heterocycles. The van der Waals surface area contributed by atoms with Crippen molar-refractivity contribution in [3.63, 3.8) is 0 Å². The lowest BCUT2D eigenvalue weighted by Gasteiger charge is -2.07. The number of nitrogens with two attached hydrogens (primary N) is 1. The lowest BCUT2D eigenvalue weighted by atomic mass is 10.1. The minimum atomic E-state index is 0.361. The van der Waals surface area contributed by atoms with E-state index < -0.39 is 0 Å². The van der Waals surface area contributed by atoms with Gasteiger partial charge in [0.1, 0.15) is 11.4 Å². The maximum atomic E-state index is 6.02. The van der Waals surface area contributed by atoms with Gasteiger partial charge in [-0.05, 0) is 66.8 Å². The Labute approximate surface area is 157 Å². The molecule has 3 N–H and O–H groups in total. The number of methoxy groups -OCH3 is 1. The highest BCUT2D eigenvalue weighted by atomic mass is 16.5. The smallest absolute Gasteiger partial charge is 0.193 e. The quantitative estimate of drug-likeness (QED) is 0.538. The van der Waals surface area contributed by atoms with Gasteiger partial charge in [0.05, 0.1) is 25.5 Å². The number of ether oxygens (including phenoxy) is 1. The number of hydrogen-bond donors (Lipinski definition) is 2. The predicted molar refractivity (Wildman–Crippen MR) is 105 cm³/mol. The molecule has 1 aliphatic carbocycles. The molecular formula is C20H22N6O. The maximum Gasteiger partial charge on any atom is 0.193 e. The van der Waals surface area contributed by atoms with Crippen molar-refractivity contribution >= 4 is 11.6 Å². The fourth-order valence-electron chi connectivity index (χ4n) is 3.24. The molecule has 2 aromatic carbocycles. The minimum Gasteiger partial charge on any atom is -0.497 e. The fraction of sp³-hybridized carbons (Fsp3) is 0.250. The zero-order valence-corrected chi connectivity index (χ0v) is 15.2. The van der Waals surface area contributed by atoms with Crippen molar-refractivity contribution in [2.45, 2.75) is 25.8 Å². The molecule has 3 aromatic rings. The van der Waals surface area contributed by atoms with Crippen molar-refractivity contribution in [2.24, 2.45) is 10.7 Å². The largest absolute Gasteiger partial charge is 0.497 e. The summed E-state index contributed by atoms with van der Waals surface area (Å²) in [4.78, 5) is 4.37. The summed E-state index contributed by atoms with van der Waals surface area (Å²) >= 11 is 0. The van der Waals surface area contributed by atoms with Gasteiger partial charge in [0.25, 0.3) is 0 Å². The average Bonchev–Trinajstić information content (AvgIpc) is 3.35. The van der Waals surface area contributed by atoms with E-state index in [0.717, 1.165) is 29.2 Å². The molecule has 1 aromatic heterocycles. The van der Waals surface area contributed by atoms with E-state index in [1.807, 2.05) is 36.5 Å². The van der Waals surface area contributed by atoms with Crippen LogP contribution in [-0.4, -0.2) is 28.1 Å². The van der Waals surface area contributed by atoms with Crippen LogP contribution in [0.15, 0.2) is 53.7 Å². The Hall–Kier alpha value is -3.35. The van der Waals surface area contributed by atoms with Gasteiger partial charge in [0.15, 0.2) is 5.96 Å². The number of hydrogen-bond acceptors (Lipinski definition) is 4. The van der Waals surface area contributed by atoms with Crippen LogP contribution in [0.25, 0.3) is 5.69 Å². The van der Waals surface area contributed by atoms with Gasteiger partial charge < -0.3 is 15.8 Å². The minimum absolute atomic E-state index is 0.361. The van der Waals surface area contributed by atoms with Crippen LogP contribution >= 0.6 is 0 Å². The Balaban J connectivity index is 1.39. The normalized spacial score (nSPS) is 13.4. The Kier molecular flexibility index (Phi) is 4.74. The van der Waals surface area contributed by atoms with Gasteiger partial charge in [-0.25, -0.2) is 9.67 Å². The summed E-state index contributed by atoms with van der Waals surface area (Å²) in [5, 5.41) is 11.4. The summed E-state index contributed by atoms with van der Waals surface area (Å²) in [6.45, 7) is 0.361. The third-order valence-electron chi connectivity index (χ3n) is 4.66. The molecule has 27 heavy (non-hydrogen) atoms. The molecule has 1 heterocycles. The number of benzene rings is 2. The summed E-state index contributed by atoms with van der Waals surface area (Å²) in [5.74, 6) is 1.17. The Bertz CT molecular complexity index is 961. The summed E-state index contributed by atoms with van der Waals surface area (Å²) in [5.41, 5.74) is 11.5. The SMILES string of the molecule is COc1ccc(-n2cc(CN=C(N)Nc3ccc4c(c3)CCC4)nn2)cc1. The Morgan fingerprint density at radius 1 is 1.19 bits per heavy atom. The van der Waals surface area contributed by atoms with Gasteiger partial charge >= 0.3 is 0 Å². The van der Waals surface area contributed by atoms with Crippen LogP contribution in [0.1, 0.15) is 23.2 Å². The summed E-state index contributed by atoms with van der Waals surface area (Å²) in [6.07, 6.45) is 5.37. The zero-order valence-electron chi connectivity index (χ0n) is 15.2. The fourth-order valence-corrected chi connectivity index (χ4v) is 3.24. The van der Waals surface area contributed by atoms with E-state index in [4.69, 9.17) is 10.5 Å². The van der Waals surface area contributed by atoms with Crippen molar-refractivity contribution in [3.8, 4) is 11.4 Å². The highest BCUT2D eigenvalue weighted by Gasteiger charge is 2.11. The van der Waals surface area contributed by atoms with Crippen molar-refractivity contribution in [3.05, 3.63) is 65.5 Å².